The van der Waals surface area contributed by atoms with E-state index >= 15 is 0 Å². The summed E-state index contributed by atoms with van der Waals surface area (Å²) in [4.78, 5) is 17.7. The predicted molar refractivity (Wildman–Crippen MR) is 122 cm³/mol. The van der Waals surface area contributed by atoms with E-state index in [-0.39, 0.29) is 27.8 Å². The molecule has 0 bridgehead atoms. The number of aliphatic imine (C=N–C) groups is 1. The molecule has 4 rings (SSSR count). The number of amides is 1. The quantitative estimate of drug-likeness (QED) is 0.685. The summed E-state index contributed by atoms with van der Waals surface area (Å²) in [6.07, 6.45) is 3.58. The van der Waals surface area contributed by atoms with E-state index in [1.807, 2.05) is 0 Å². The summed E-state index contributed by atoms with van der Waals surface area (Å²) in [5, 5.41) is 0. The topological polar surface area (TPSA) is 125 Å². The molecular formula is C21H24N4O5S2. The van der Waals surface area contributed by atoms with Crippen molar-refractivity contribution < 1.29 is 21.6 Å². The van der Waals surface area contributed by atoms with E-state index in [9.17, 15) is 21.6 Å². The molecule has 32 heavy (non-hydrogen) atoms. The average molecular weight is 477 g/mol. The van der Waals surface area contributed by atoms with E-state index in [4.69, 9.17) is 0 Å². The normalized spacial score (nSPS) is 16.8. The molecule has 0 spiro atoms. The van der Waals surface area contributed by atoms with Gasteiger partial charge in [-0.05, 0) is 60.9 Å². The van der Waals surface area contributed by atoms with Crippen LogP contribution in [0.15, 0.2) is 57.2 Å². The molecule has 11 heteroatoms. The molecule has 2 heterocycles. The Morgan fingerprint density at radius 2 is 1.56 bits per heavy atom. The monoisotopic (exact) mass is 476 g/mol. The number of amidine groups is 1. The molecule has 0 aromatic heterocycles. The third-order valence-electron chi connectivity index (χ3n) is 5.48. The third-order valence-corrected chi connectivity index (χ3v) is 8.26. The number of anilines is 2. The van der Waals surface area contributed by atoms with Crippen LogP contribution in [0.2, 0.25) is 0 Å². The molecular weight excluding hydrogens is 452 g/mol. The molecule has 2 aliphatic rings. The highest BCUT2D eigenvalue weighted by Gasteiger charge is 2.26. The number of hydrogen-bond donors (Lipinski definition) is 2. The van der Waals surface area contributed by atoms with Crippen molar-refractivity contribution in [1.29, 1.82) is 0 Å². The van der Waals surface area contributed by atoms with Gasteiger partial charge in [-0.25, -0.2) is 16.8 Å². The molecule has 0 unspecified atom stereocenters. The van der Waals surface area contributed by atoms with Crippen LogP contribution in [0.1, 0.15) is 31.2 Å². The van der Waals surface area contributed by atoms with Gasteiger partial charge in [-0.2, -0.15) is 0 Å². The van der Waals surface area contributed by atoms with Crippen LogP contribution in [0, 0.1) is 0 Å². The van der Waals surface area contributed by atoms with Crippen LogP contribution < -0.4 is 14.3 Å². The molecule has 0 aliphatic carbocycles. The lowest BCUT2D eigenvalue weighted by Gasteiger charge is -2.13. The van der Waals surface area contributed by atoms with Crippen molar-refractivity contribution in [1.82, 2.24) is 4.72 Å². The van der Waals surface area contributed by atoms with Crippen LogP contribution in [0.4, 0.5) is 11.4 Å². The number of fused-ring (bicyclic) bond motifs is 1. The van der Waals surface area contributed by atoms with E-state index in [2.05, 4.69) is 14.4 Å². The van der Waals surface area contributed by atoms with Crippen molar-refractivity contribution in [2.45, 2.75) is 41.9 Å². The Balaban J connectivity index is 1.49. The lowest BCUT2D eigenvalue weighted by atomic mass is 10.2. The molecule has 0 saturated heterocycles. The lowest BCUT2D eigenvalue weighted by molar-refractivity contribution is -0.117. The van der Waals surface area contributed by atoms with Crippen molar-refractivity contribution in [3.8, 4) is 0 Å². The SMILES string of the molecule is CN1C(=O)Cc2cc(S(=O)(=O)Nc3ccc(S(=O)(=O)NC4=NCCCCC4)cc3)ccc21. The molecule has 0 atom stereocenters. The summed E-state index contributed by atoms with van der Waals surface area (Å²) in [6.45, 7) is 0.603. The van der Waals surface area contributed by atoms with Crippen LogP contribution in [0.3, 0.4) is 0 Å². The first-order valence-electron chi connectivity index (χ1n) is 10.2. The second kappa shape index (κ2) is 8.55. The molecule has 9 nitrogen and oxygen atoms in total. The molecule has 1 amide bonds. The Morgan fingerprint density at radius 1 is 0.875 bits per heavy atom. The third kappa shape index (κ3) is 4.63. The summed E-state index contributed by atoms with van der Waals surface area (Å²) in [7, 11) is -6.06. The Kier molecular flexibility index (Phi) is 5.95. The highest BCUT2D eigenvalue weighted by Crippen LogP contribution is 2.30. The number of hydrogen-bond acceptors (Lipinski definition) is 6. The van der Waals surface area contributed by atoms with Gasteiger partial charge in [0.2, 0.25) is 5.91 Å². The number of nitrogens with one attached hydrogen (secondary N) is 2. The van der Waals surface area contributed by atoms with Crippen molar-refractivity contribution in [2.75, 3.05) is 23.2 Å². The number of benzene rings is 2. The summed E-state index contributed by atoms with van der Waals surface area (Å²) >= 11 is 0. The zero-order valence-corrected chi connectivity index (χ0v) is 19.2. The zero-order chi connectivity index (χ0) is 22.9. The number of likely N-dealkylation sites (N-methyl/N-ethyl adjacent to an activating group) is 1. The van der Waals surface area contributed by atoms with Crippen molar-refractivity contribution in [3.05, 3.63) is 48.0 Å². The van der Waals surface area contributed by atoms with Gasteiger partial charge in [0.05, 0.1) is 16.2 Å². The molecule has 2 aliphatic heterocycles. The fraction of sp³-hybridized carbons (Fsp3) is 0.333. The highest BCUT2D eigenvalue weighted by molar-refractivity contribution is 7.92. The maximum Gasteiger partial charge on any atom is 0.262 e. The van der Waals surface area contributed by atoms with Crippen LogP contribution in [0.5, 0.6) is 0 Å². The number of nitrogens with zero attached hydrogens (tertiary/aromatic N) is 2. The minimum Gasteiger partial charge on any atom is -0.315 e. The van der Waals surface area contributed by atoms with Gasteiger partial charge < -0.3 is 4.90 Å². The first-order valence-corrected chi connectivity index (χ1v) is 13.2. The Labute approximate surface area is 187 Å². The number of rotatable bonds is 5. The zero-order valence-electron chi connectivity index (χ0n) is 17.5. The molecule has 0 radical (unpaired) electrons. The average Bonchev–Trinajstić information content (AvgIpc) is 2.90. The van der Waals surface area contributed by atoms with Crippen molar-refractivity contribution in [2.24, 2.45) is 4.99 Å². The number of sulfonamides is 2. The standard InChI is InChI=1S/C21H24N4O5S2/c1-25-19-11-10-18(13-15(19)14-21(25)26)32(29,30)23-16-6-8-17(9-7-16)31(27,28)24-20-5-3-2-4-12-22-20/h6-11,13,23H,2-5,12,14H2,1H3,(H,22,24). The first-order chi connectivity index (χ1) is 15.2. The van der Waals surface area contributed by atoms with Gasteiger partial charge in [-0.15, -0.1) is 0 Å². The fourth-order valence-electron chi connectivity index (χ4n) is 3.70. The van der Waals surface area contributed by atoms with E-state index in [0.29, 0.717) is 30.1 Å². The van der Waals surface area contributed by atoms with Gasteiger partial charge in [-0.1, -0.05) is 6.42 Å². The summed E-state index contributed by atoms with van der Waals surface area (Å²) in [5.41, 5.74) is 1.56. The Bertz CT molecular complexity index is 1290. The van der Waals surface area contributed by atoms with E-state index in [1.54, 1.807) is 13.1 Å². The Morgan fingerprint density at radius 3 is 2.31 bits per heavy atom. The molecule has 2 N–H and O–H groups in total. The summed E-state index contributed by atoms with van der Waals surface area (Å²) < 4.78 is 55.8. The summed E-state index contributed by atoms with van der Waals surface area (Å²) in [5.74, 6) is 0.357. The van der Waals surface area contributed by atoms with Crippen LogP contribution in [-0.4, -0.2) is 42.2 Å². The Hall–Kier alpha value is -2.92. The first kappa shape index (κ1) is 22.3. The second-order valence-corrected chi connectivity index (χ2v) is 11.2. The van der Waals surface area contributed by atoms with E-state index < -0.39 is 20.0 Å². The van der Waals surface area contributed by atoms with Gasteiger partial charge in [0, 0.05) is 31.4 Å². The molecule has 2 aromatic carbocycles. The summed E-state index contributed by atoms with van der Waals surface area (Å²) in [6, 6.07) is 9.99. The maximum atomic E-state index is 12.8. The maximum absolute atomic E-state index is 12.8. The molecule has 0 saturated carbocycles. The second-order valence-electron chi connectivity index (χ2n) is 7.79. The van der Waals surface area contributed by atoms with Crippen LogP contribution >= 0.6 is 0 Å². The minimum atomic E-state index is -3.91. The lowest BCUT2D eigenvalue weighted by Crippen LogP contribution is -2.30. The molecule has 2 aromatic rings. The van der Waals surface area contributed by atoms with Gasteiger partial charge in [0.1, 0.15) is 5.84 Å². The van der Waals surface area contributed by atoms with E-state index in [0.717, 1.165) is 19.3 Å². The van der Waals surface area contributed by atoms with Crippen LogP contribution in [0.25, 0.3) is 0 Å². The molecule has 170 valence electrons. The van der Waals surface area contributed by atoms with Crippen molar-refractivity contribution in [3.63, 3.8) is 0 Å². The smallest absolute Gasteiger partial charge is 0.262 e. The molecule has 0 fully saturated rings. The number of carbonyl (C=O) groups excluding carboxylic acids is 1. The van der Waals surface area contributed by atoms with Gasteiger partial charge in [-0.3, -0.25) is 19.2 Å². The van der Waals surface area contributed by atoms with Gasteiger partial charge >= 0.3 is 0 Å². The highest BCUT2D eigenvalue weighted by atomic mass is 32.2. The van der Waals surface area contributed by atoms with Gasteiger partial charge in [0.15, 0.2) is 0 Å². The van der Waals surface area contributed by atoms with Gasteiger partial charge in [0.25, 0.3) is 20.0 Å². The van der Waals surface area contributed by atoms with E-state index in [1.165, 1.54) is 41.3 Å². The largest absolute Gasteiger partial charge is 0.315 e. The fourth-order valence-corrected chi connectivity index (χ4v) is 5.90. The number of carbonyl (C=O) groups is 1. The minimum absolute atomic E-state index is 0.0199. The van der Waals surface area contributed by atoms with Crippen LogP contribution in [-0.2, 0) is 31.3 Å². The van der Waals surface area contributed by atoms with Crippen molar-refractivity contribution >= 4 is 43.2 Å². The predicted octanol–water partition coefficient (Wildman–Crippen LogP) is 2.26.